The van der Waals surface area contributed by atoms with Gasteiger partial charge in [0.1, 0.15) is 5.75 Å². The minimum absolute atomic E-state index is 0.132. The van der Waals surface area contributed by atoms with Crippen LogP contribution in [-0.2, 0) is 11.0 Å². The van der Waals surface area contributed by atoms with Gasteiger partial charge in [-0.3, -0.25) is 4.79 Å². The van der Waals surface area contributed by atoms with Crippen LogP contribution in [0.5, 0.6) is 5.75 Å². The summed E-state index contributed by atoms with van der Waals surface area (Å²) < 4.78 is 11.5. The zero-order valence-electron chi connectivity index (χ0n) is 17.4. The lowest BCUT2D eigenvalue weighted by Gasteiger charge is -2.36. The highest BCUT2D eigenvalue weighted by Crippen LogP contribution is 2.37. The van der Waals surface area contributed by atoms with Crippen LogP contribution in [0.4, 0.5) is 0 Å². The van der Waals surface area contributed by atoms with Crippen molar-refractivity contribution in [1.82, 2.24) is 9.97 Å². The molecule has 0 amide bonds. The number of carbonyl (C=O) groups excluding carboxylic acids is 1. The van der Waals surface area contributed by atoms with Gasteiger partial charge >= 0.3 is 0 Å². The van der Waals surface area contributed by atoms with Gasteiger partial charge in [-0.1, -0.05) is 45.0 Å². The number of fused-ring (bicyclic) bond motifs is 1. The molecule has 0 saturated carbocycles. The molecule has 1 heterocycles. The molecule has 28 heavy (non-hydrogen) atoms. The summed E-state index contributed by atoms with van der Waals surface area (Å²) in [6.07, 6.45) is 0. The predicted molar refractivity (Wildman–Crippen MR) is 115 cm³/mol. The molecular formula is C22H28N2O3Si. The van der Waals surface area contributed by atoms with E-state index in [1.807, 2.05) is 42.5 Å². The van der Waals surface area contributed by atoms with Crippen LogP contribution in [0.1, 0.15) is 42.5 Å². The third-order valence-electron chi connectivity index (χ3n) is 5.53. The number of ketones is 1. The Hall–Kier alpha value is -2.44. The van der Waals surface area contributed by atoms with Gasteiger partial charge in [0.2, 0.25) is 5.78 Å². The summed E-state index contributed by atoms with van der Waals surface area (Å²) in [5, 5.41) is 0.173. The van der Waals surface area contributed by atoms with Crippen LogP contribution in [0.15, 0.2) is 42.5 Å². The number of aromatic nitrogens is 2. The number of hydrogen-bond acceptors (Lipinski definition) is 4. The molecule has 3 aromatic rings. The molecule has 0 bridgehead atoms. The van der Waals surface area contributed by atoms with Crippen molar-refractivity contribution in [2.45, 2.75) is 45.5 Å². The van der Waals surface area contributed by atoms with E-state index in [-0.39, 0.29) is 10.8 Å². The van der Waals surface area contributed by atoms with E-state index in [0.29, 0.717) is 18.0 Å². The second-order valence-corrected chi connectivity index (χ2v) is 13.4. The van der Waals surface area contributed by atoms with Crippen molar-refractivity contribution in [3.05, 3.63) is 59.4 Å². The Morgan fingerprint density at radius 3 is 2.39 bits per heavy atom. The lowest BCUT2D eigenvalue weighted by Crippen LogP contribution is -2.40. The monoisotopic (exact) mass is 396 g/mol. The number of rotatable bonds is 6. The molecule has 148 valence electrons. The molecular weight excluding hydrogens is 368 g/mol. The number of benzene rings is 2. The largest absolute Gasteiger partial charge is 0.497 e. The quantitative estimate of drug-likeness (QED) is 0.452. The molecule has 0 aliphatic carbocycles. The fourth-order valence-corrected chi connectivity index (χ4v) is 3.55. The Morgan fingerprint density at radius 2 is 1.79 bits per heavy atom. The topological polar surface area (TPSA) is 64.2 Å². The van der Waals surface area contributed by atoms with Crippen LogP contribution < -0.4 is 4.74 Å². The van der Waals surface area contributed by atoms with E-state index in [4.69, 9.17) is 9.16 Å². The van der Waals surface area contributed by atoms with Crippen molar-refractivity contribution in [3.63, 3.8) is 0 Å². The number of ether oxygens (including phenoxy) is 1. The van der Waals surface area contributed by atoms with E-state index in [0.717, 1.165) is 22.3 Å². The molecule has 0 unspecified atom stereocenters. The van der Waals surface area contributed by atoms with Crippen molar-refractivity contribution in [2.75, 3.05) is 7.11 Å². The highest BCUT2D eigenvalue weighted by Gasteiger charge is 2.37. The second kappa shape index (κ2) is 7.52. The van der Waals surface area contributed by atoms with Crippen LogP contribution in [0.25, 0.3) is 11.0 Å². The number of nitrogens with zero attached hydrogens (tertiary/aromatic N) is 1. The van der Waals surface area contributed by atoms with Gasteiger partial charge in [0, 0.05) is 11.6 Å². The summed E-state index contributed by atoms with van der Waals surface area (Å²) in [7, 11) is -0.184. The molecule has 0 saturated heterocycles. The van der Waals surface area contributed by atoms with Crippen LogP contribution in [-0.4, -0.2) is 31.2 Å². The van der Waals surface area contributed by atoms with Crippen LogP contribution in [0.3, 0.4) is 0 Å². The Morgan fingerprint density at radius 1 is 1.11 bits per heavy atom. The Labute approximate surface area is 167 Å². The summed E-state index contributed by atoms with van der Waals surface area (Å²) in [4.78, 5) is 20.3. The van der Waals surface area contributed by atoms with Crippen molar-refractivity contribution in [3.8, 4) is 5.75 Å². The highest BCUT2D eigenvalue weighted by molar-refractivity contribution is 6.74. The van der Waals surface area contributed by atoms with Gasteiger partial charge in [0.25, 0.3) is 0 Å². The van der Waals surface area contributed by atoms with Crippen LogP contribution in [0.2, 0.25) is 18.1 Å². The number of imidazole rings is 1. The summed E-state index contributed by atoms with van der Waals surface area (Å²) >= 11 is 0. The SMILES string of the molecule is COc1ccc2nc(C(=O)c3ccc(CO[Si](C)(C)C(C)(C)C)cc3)[nH]c2c1. The first-order valence-electron chi connectivity index (χ1n) is 9.42. The summed E-state index contributed by atoms with van der Waals surface area (Å²) in [6.45, 7) is 11.7. The number of H-pyrrole nitrogens is 1. The maximum absolute atomic E-state index is 12.8. The van der Waals surface area contributed by atoms with Gasteiger partial charge < -0.3 is 14.1 Å². The van der Waals surface area contributed by atoms with Crippen molar-refractivity contribution < 1.29 is 14.0 Å². The molecule has 0 radical (unpaired) electrons. The first-order chi connectivity index (χ1) is 13.1. The van der Waals surface area contributed by atoms with E-state index in [9.17, 15) is 4.79 Å². The van der Waals surface area contributed by atoms with Gasteiger partial charge in [-0.25, -0.2) is 4.98 Å². The predicted octanol–water partition coefficient (Wildman–Crippen LogP) is 5.32. The first-order valence-corrected chi connectivity index (χ1v) is 12.3. The van der Waals surface area contributed by atoms with E-state index in [1.165, 1.54) is 0 Å². The summed E-state index contributed by atoms with van der Waals surface area (Å²) in [5.41, 5.74) is 3.18. The van der Waals surface area contributed by atoms with Gasteiger partial charge in [-0.2, -0.15) is 0 Å². The average Bonchev–Trinajstić information content (AvgIpc) is 3.08. The van der Waals surface area contributed by atoms with Gasteiger partial charge in [0.05, 0.1) is 24.8 Å². The highest BCUT2D eigenvalue weighted by atomic mass is 28.4. The van der Waals surface area contributed by atoms with E-state index >= 15 is 0 Å². The van der Waals surface area contributed by atoms with Gasteiger partial charge in [0.15, 0.2) is 14.1 Å². The zero-order chi connectivity index (χ0) is 20.5. The third-order valence-corrected chi connectivity index (χ3v) is 10.0. The lowest BCUT2D eigenvalue weighted by molar-refractivity contribution is 0.103. The van der Waals surface area contributed by atoms with E-state index in [2.05, 4.69) is 43.8 Å². The molecule has 2 aromatic carbocycles. The number of methoxy groups -OCH3 is 1. The molecule has 1 aromatic heterocycles. The summed E-state index contributed by atoms with van der Waals surface area (Å²) in [5.74, 6) is 0.918. The fraction of sp³-hybridized carbons (Fsp3) is 0.364. The molecule has 0 aliphatic rings. The minimum atomic E-state index is -1.79. The molecule has 1 N–H and O–H groups in total. The minimum Gasteiger partial charge on any atom is -0.497 e. The van der Waals surface area contributed by atoms with Crippen molar-refractivity contribution in [2.24, 2.45) is 0 Å². The standard InChI is InChI=1S/C22H28N2O3Si/c1-22(2,3)28(5,6)27-14-15-7-9-16(10-8-15)20(25)21-23-18-12-11-17(26-4)13-19(18)24-21/h7-13H,14H2,1-6H3,(H,23,24). The van der Waals surface area contributed by atoms with E-state index in [1.54, 1.807) is 7.11 Å². The van der Waals surface area contributed by atoms with Crippen LogP contribution in [0, 0.1) is 0 Å². The summed E-state index contributed by atoms with van der Waals surface area (Å²) in [6, 6.07) is 13.1. The molecule has 0 spiro atoms. The molecule has 0 aliphatic heterocycles. The van der Waals surface area contributed by atoms with Gasteiger partial charge in [-0.15, -0.1) is 0 Å². The smallest absolute Gasteiger partial charge is 0.228 e. The zero-order valence-corrected chi connectivity index (χ0v) is 18.4. The van der Waals surface area contributed by atoms with Crippen molar-refractivity contribution >= 4 is 25.1 Å². The van der Waals surface area contributed by atoms with Crippen LogP contribution >= 0.6 is 0 Å². The average molecular weight is 397 g/mol. The normalized spacial score (nSPS) is 12.4. The number of aromatic amines is 1. The fourth-order valence-electron chi connectivity index (χ4n) is 2.59. The molecule has 6 heteroatoms. The first kappa shape index (κ1) is 20.3. The number of hydrogen-bond donors (Lipinski definition) is 1. The molecule has 0 fully saturated rings. The Bertz CT molecular complexity index is 985. The Kier molecular flexibility index (Phi) is 5.45. The van der Waals surface area contributed by atoms with E-state index < -0.39 is 8.32 Å². The maximum atomic E-state index is 12.8. The number of carbonyl (C=O) groups is 1. The molecule has 0 atom stereocenters. The second-order valence-electron chi connectivity index (χ2n) is 8.54. The molecule has 5 nitrogen and oxygen atoms in total. The maximum Gasteiger partial charge on any atom is 0.228 e. The lowest BCUT2D eigenvalue weighted by atomic mass is 10.1. The molecule has 3 rings (SSSR count). The van der Waals surface area contributed by atoms with Crippen molar-refractivity contribution in [1.29, 1.82) is 0 Å². The Balaban J connectivity index is 1.73. The number of nitrogens with one attached hydrogen (secondary N) is 1. The van der Waals surface area contributed by atoms with Gasteiger partial charge in [-0.05, 0) is 35.8 Å². The third kappa shape index (κ3) is 4.18.